The number of aromatic carboxylic acids is 1. The summed E-state index contributed by atoms with van der Waals surface area (Å²) in [6.45, 7) is 5.91. The van der Waals surface area contributed by atoms with E-state index in [0.717, 1.165) is 55.6 Å². The van der Waals surface area contributed by atoms with Gasteiger partial charge in [-0.25, -0.2) is 62.5 Å². The summed E-state index contributed by atoms with van der Waals surface area (Å²) in [6, 6.07) is 20.8. The van der Waals surface area contributed by atoms with Gasteiger partial charge >= 0.3 is 60.7 Å². The third-order valence-corrected chi connectivity index (χ3v) is 17.8. The number of oxazole rings is 1. The number of carbonyl (C=O) groups excluding carboxylic acids is 6. The van der Waals surface area contributed by atoms with Gasteiger partial charge in [-0.1, -0.05) is 34.8 Å². The van der Waals surface area contributed by atoms with Crippen molar-refractivity contribution in [1.82, 2.24) is 35.2 Å². The Morgan fingerprint density at radius 1 is 0.482 bits per heavy atom. The third-order valence-electron chi connectivity index (χ3n) is 17.6. The Labute approximate surface area is 865 Å². The fourth-order valence-electron chi connectivity index (χ4n) is 11.4. The number of aliphatic hydroxyl groups is 2. The number of alkyl halides is 19. The summed E-state index contributed by atoms with van der Waals surface area (Å²) in [7, 11) is 29.8. The monoisotopic (exact) mass is 2500 g/mol. The molecule has 1 amide bonds. The van der Waals surface area contributed by atoms with Crippen molar-refractivity contribution in [3.8, 4) is 40.2 Å². The average molecular weight is 2500 g/mol. The van der Waals surface area contributed by atoms with E-state index in [1.165, 1.54) is 138 Å². The number of pyridine rings is 5. The Bertz CT molecular complexity index is 6200. The van der Waals surface area contributed by atoms with E-state index in [-0.39, 0.29) is 144 Å². The molecule has 2 radical (unpaired) electrons. The molecule has 1 aliphatic heterocycles. The SMILES string of the molecule is COC(=O)C(NC(=O)c1ccc(OC)c2nc(C(F)(F)F)ccc12)[C@@H](C)O.COC(=O)[C@@H](N)[C@@H](C)O.COC(=O)[C@H]1N=C(c2ccc(OC)c3nc(C(F)(F)F)ccc23)O[C@H]1C.COC(=O)c1nc(-c2ccc(OC)c3nc(C(F)(F)F)ccc23)oc1C.COc1ccc(C(=O)Cl)c2ccc(C(F)(F)F)nc12.COc1ccc(C(=O)O)c2ccc(C(F)(F)F)nc12.ClC(Cl)(Cl)Br.O=S(Cl)Cl.O=S(Cl)Cl.[2H][B].[U]. The number of carboxylic acids is 1. The van der Waals surface area contributed by atoms with Gasteiger partial charge in [0.05, 0.1) is 81.8 Å². The number of aliphatic imine (C=N–C) groups is 1. The molecule has 60 heteroatoms. The Kier molecular flexibility index (Phi) is 49.9. The number of hydrogen-bond donors (Lipinski definition) is 5. The molecule has 11 aromatic rings. The summed E-state index contributed by atoms with van der Waals surface area (Å²) in [4.78, 5) is 107. The van der Waals surface area contributed by atoms with E-state index >= 15 is 0 Å². The van der Waals surface area contributed by atoms with Crippen LogP contribution in [0.2, 0.25) is 0 Å². The topological polar surface area (TPSA) is 448 Å². The van der Waals surface area contributed by atoms with Crippen LogP contribution in [0.15, 0.2) is 131 Å². The summed E-state index contributed by atoms with van der Waals surface area (Å²) < 4.78 is 269. The predicted molar refractivity (Wildman–Crippen MR) is 491 cm³/mol. The molecule has 12 rings (SSSR count). The number of rotatable bonds is 17. The second-order valence-corrected chi connectivity index (χ2v) is 36.8. The Morgan fingerprint density at radius 2 is 0.787 bits per heavy atom. The average Bonchev–Trinajstić information content (AvgIpc) is 1.53. The molecule has 0 aliphatic carbocycles. The number of aryl methyl sites for hydroxylation is 1. The molecule has 6 aromatic heterocycles. The van der Waals surface area contributed by atoms with Crippen LogP contribution in [0.1, 0.15) is 102 Å². The first-order valence-corrected chi connectivity index (χ1v) is 45.2. The van der Waals surface area contributed by atoms with Gasteiger partial charge in [-0.3, -0.25) is 14.4 Å². The van der Waals surface area contributed by atoms with Crippen LogP contribution in [0.25, 0.3) is 66.0 Å². The van der Waals surface area contributed by atoms with Crippen LogP contribution >= 0.6 is 105 Å². The molecule has 0 fully saturated rings. The minimum atomic E-state index is -4.67. The Morgan fingerprint density at radius 3 is 1.09 bits per heavy atom. The molecule has 6 atom stereocenters. The molecule has 6 N–H and O–H groups in total. The van der Waals surface area contributed by atoms with Crippen LogP contribution in [0, 0.1) is 38.0 Å². The van der Waals surface area contributed by atoms with Gasteiger partial charge in [0.25, 0.3) is 11.1 Å². The minimum absolute atomic E-state index is 0. The van der Waals surface area contributed by atoms with Crippen LogP contribution in [0.5, 0.6) is 28.7 Å². The molecular weight excluding hydrogens is 2430 g/mol. The van der Waals surface area contributed by atoms with E-state index in [1.54, 1.807) is 19.1 Å². The van der Waals surface area contributed by atoms with Crippen LogP contribution in [-0.2, 0) is 87.4 Å². The minimum Gasteiger partial charge on any atom is -0.494 e. The standard InChI is InChI=1S/C17H17F3N2O5.C17H15F3N2O4.C17H13F3N2O4.C12H7ClF3NO2.C12H8F3NO3.C5H11NO3.CBrCl3.BH.2Cl2OS.U/c1-8(23)13(16(25)27-3)22-15(24)10-4-6-11(26-2)14-9(10)5-7-12(21-14)17(18,19)20;2*1-8-13(16(23)25-3)22-15(26-8)10-4-6-11(24-2)14-9(10)5-7-12(21-14)17(18,19)20;1-19-8-4-2-7(11(13)18)6-3-5-9(12(14,15)16)17-10(6)8;1-19-8-4-2-7(11(17)18)6-3-5-9(12(13,14)15)16-10(6)8;1-3(7)4(6)5(8)9-2;2-1(3,4)5;;2*1-4(2)3;/h4-8,13,23H,1-3H3,(H,22,24);4-8,13H,1-3H3;4-7H,1-3H3;2-5H,1H3;2-5H,1H3,(H,17,18);3-4,7H,6H2,1-2H3;;1H;;;/t8-,13?;8-,13-;;;;3-,4+;;;;;/m10...1...../s1/i;;;;;;;1D;;;. The first-order chi connectivity index (χ1) is 65.3. The van der Waals surface area contributed by atoms with Crippen molar-refractivity contribution in [2.45, 2.75) is 97.7 Å². The number of aromatic nitrogens is 6. The first kappa shape index (κ1) is 126. The van der Waals surface area contributed by atoms with Crippen molar-refractivity contribution < 1.29 is 206 Å². The number of amides is 1. The first-order valence-electron chi connectivity index (χ1n) is 37.8. The molecular formula is C81H72BBrCl8F15N9O23S2U. The molecule has 32 nitrogen and oxygen atoms in total. The van der Waals surface area contributed by atoms with E-state index < -0.39 is 158 Å². The molecule has 0 saturated carbocycles. The van der Waals surface area contributed by atoms with Gasteiger partial charge in [0.2, 0.25) is 32.9 Å². The van der Waals surface area contributed by atoms with Gasteiger partial charge in [0.1, 0.15) is 103 Å². The normalized spacial score (nSPS) is 13.6. The summed E-state index contributed by atoms with van der Waals surface area (Å²) >= 11 is 23.0. The molecule has 141 heavy (non-hydrogen) atoms. The maximum Gasteiger partial charge on any atom is 0.433 e. The molecule has 0 spiro atoms. The molecule has 1 aliphatic rings. The smallest absolute Gasteiger partial charge is 0.433 e. The number of nitrogens with one attached hydrogen (secondary N) is 1. The summed E-state index contributed by atoms with van der Waals surface area (Å²) in [6.07, 6.45) is -25.7. The number of carbonyl (C=O) groups is 7. The summed E-state index contributed by atoms with van der Waals surface area (Å²) in [5, 5.41) is 30.0. The quantitative estimate of drug-likeness (QED) is 0.0141. The largest absolute Gasteiger partial charge is 0.494 e. The maximum absolute atomic E-state index is 13.0. The maximum atomic E-state index is 13.0. The number of methoxy groups -OCH3 is 9. The summed E-state index contributed by atoms with van der Waals surface area (Å²) in [5.74, 6) is -3.64. The number of benzene rings is 5. The van der Waals surface area contributed by atoms with E-state index in [2.05, 4.69) is 126 Å². The fourth-order valence-corrected chi connectivity index (χ4v) is 11.5. The number of nitrogens with zero attached hydrogens (tertiary/aromatic N) is 7. The Balaban J connectivity index is 0.000000568. The zero-order chi connectivity index (χ0) is 108. The van der Waals surface area contributed by atoms with E-state index in [9.17, 15) is 105 Å². The molecule has 0 bridgehead atoms. The van der Waals surface area contributed by atoms with Crippen molar-refractivity contribution in [2.75, 3.05) is 64.0 Å². The van der Waals surface area contributed by atoms with Crippen molar-refractivity contribution in [2.24, 2.45) is 10.7 Å². The van der Waals surface area contributed by atoms with E-state index in [0.29, 0.717) is 21.9 Å². The number of aliphatic hydroxyl groups excluding tert-OH is 2. The van der Waals surface area contributed by atoms with E-state index in [4.69, 9.17) is 105 Å². The van der Waals surface area contributed by atoms with Crippen molar-refractivity contribution in [3.05, 3.63) is 184 Å². The predicted octanol–water partition coefficient (Wildman–Crippen LogP) is 18.5. The number of hydrogen-bond acceptors (Lipinski definition) is 30. The number of esters is 4. The van der Waals surface area contributed by atoms with Crippen LogP contribution in [0.3, 0.4) is 0 Å². The third kappa shape index (κ3) is 37.2. The zero-order valence-electron chi connectivity index (χ0n) is 74.7. The van der Waals surface area contributed by atoms with Crippen LogP contribution in [-0.4, -0.2) is 213 Å². The van der Waals surface area contributed by atoms with Gasteiger partial charge in [0.15, 0.2) is 17.8 Å². The number of nitrogens with two attached hydrogens (primary N) is 1. The molecule has 766 valence electrons. The zero-order valence-corrected chi connectivity index (χ0v) is 87.1. The van der Waals surface area contributed by atoms with E-state index in [1.807, 2.05) is 0 Å². The van der Waals surface area contributed by atoms with Crippen molar-refractivity contribution in [1.29, 1.82) is 1.34 Å². The second kappa shape index (κ2) is 56.0. The second-order valence-electron chi connectivity index (χ2n) is 26.6. The number of carboxylic acid groups (broad SMARTS) is 1. The number of fused-ring (bicyclic) bond motifs is 5. The van der Waals surface area contributed by atoms with Crippen LogP contribution < -0.4 is 34.7 Å². The van der Waals surface area contributed by atoms with Gasteiger partial charge < -0.3 is 78.2 Å². The summed E-state index contributed by atoms with van der Waals surface area (Å²) in [5.41, 5.74) is 0.176. The van der Waals surface area contributed by atoms with Gasteiger partial charge in [-0.2, -0.15) is 65.9 Å². The van der Waals surface area contributed by atoms with Gasteiger partial charge in [-0.05, 0) is 178 Å². The van der Waals surface area contributed by atoms with Gasteiger partial charge in [-0.15, -0.1) is 0 Å². The van der Waals surface area contributed by atoms with Crippen molar-refractivity contribution in [3.63, 3.8) is 0 Å². The van der Waals surface area contributed by atoms with Gasteiger partial charge in [0, 0.05) is 131 Å². The molecule has 7 heterocycles. The molecule has 1 unspecified atom stereocenters. The number of ether oxygens (including phenoxy) is 10. The van der Waals surface area contributed by atoms with Crippen LogP contribution in [0.4, 0.5) is 65.9 Å². The Hall–Kier alpha value is -9.63. The van der Waals surface area contributed by atoms with Crippen molar-refractivity contribution >= 4 is 233 Å². The fraction of sp³-hybridized carbons (Fsp3) is 0.309. The number of halogens is 24. The molecule has 5 aromatic carbocycles. The molecule has 0 saturated heterocycles.